The number of non-ortho nitro benzene ring substituents is 1. The van der Waals surface area contributed by atoms with E-state index in [1.807, 2.05) is 0 Å². The number of amides is 2. The third kappa shape index (κ3) is 4.25. The maximum Gasteiger partial charge on any atom is 0.323 e. The van der Waals surface area contributed by atoms with Gasteiger partial charge in [-0.1, -0.05) is 34.8 Å². The third-order valence-corrected chi connectivity index (χ3v) is 3.98. The van der Waals surface area contributed by atoms with E-state index >= 15 is 0 Å². The quantitative estimate of drug-likeness (QED) is 0.549. The Morgan fingerprint density at radius 2 is 1.61 bits per heavy atom. The number of anilines is 2. The zero-order valence-corrected chi connectivity index (χ0v) is 14.0. The van der Waals surface area contributed by atoms with E-state index in [1.165, 1.54) is 24.3 Å². The van der Waals surface area contributed by atoms with E-state index in [0.29, 0.717) is 21.3 Å². The molecule has 0 bridgehead atoms. The Morgan fingerprint density at radius 3 is 2.26 bits per heavy atom. The molecule has 0 aliphatic rings. The molecule has 0 heterocycles. The number of nitro groups is 1. The SMILES string of the molecule is Cc1cc(Cl)c(Cl)cc1NC(=O)Nc1cc([N+](=O)[O-])ccc1Cl. The molecule has 0 fully saturated rings. The summed E-state index contributed by atoms with van der Waals surface area (Å²) in [5.41, 5.74) is 1.10. The second kappa shape index (κ2) is 7.04. The molecule has 2 rings (SSSR count). The van der Waals surface area contributed by atoms with Gasteiger partial charge in [0.05, 0.1) is 25.7 Å². The van der Waals surface area contributed by atoms with Gasteiger partial charge in [-0.25, -0.2) is 4.79 Å². The van der Waals surface area contributed by atoms with Crippen molar-refractivity contribution in [2.75, 3.05) is 10.6 Å². The van der Waals surface area contributed by atoms with E-state index in [1.54, 1.807) is 13.0 Å². The number of hydrogen-bond acceptors (Lipinski definition) is 3. The van der Waals surface area contributed by atoms with Crippen LogP contribution in [0.4, 0.5) is 21.9 Å². The summed E-state index contributed by atoms with van der Waals surface area (Å²) < 4.78 is 0. The summed E-state index contributed by atoms with van der Waals surface area (Å²) in [6.45, 7) is 1.75. The van der Waals surface area contributed by atoms with Gasteiger partial charge in [0, 0.05) is 17.8 Å². The van der Waals surface area contributed by atoms with E-state index in [-0.39, 0.29) is 16.4 Å². The topological polar surface area (TPSA) is 84.3 Å². The molecule has 120 valence electrons. The lowest BCUT2D eigenvalue weighted by atomic mass is 10.2. The van der Waals surface area contributed by atoms with Gasteiger partial charge in [-0.2, -0.15) is 0 Å². The van der Waals surface area contributed by atoms with Crippen molar-refractivity contribution < 1.29 is 9.72 Å². The van der Waals surface area contributed by atoms with Crippen LogP contribution in [0.3, 0.4) is 0 Å². The molecule has 0 aliphatic heterocycles. The first-order chi connectivity index (χ1) is 10.8. The number of benzene rings is 2. The molecule has 0 atom stereocenters. The van der Waals surface area contributed by atoms with E-state index in [0.717, 1.165) is 0 Å². The lowest BCUT2D eigenvalue weighted by Crippen LogP contribution is -2.20. The minimum absolute atomic E-state index is 0.121. The summed E-state index contributed by atoms with van der Waals surface area (Å²) >= 11 is 17.7. The van der Waals surface area contributed by atoms with Crippen LogP contribution in [0.1, 0.15) is 5.56 Å². The molecule has 2 N–H and O–H groups in total. The first kappa shape index (κ1) is 17.3. The number of nitrogens with one attached hydrogen (secondary N) is 2. The van der Waals surface area contributed by atoms with Crippen LogP contribution in [-0.2, 0) is 0 Å². The van der Waals surface area contributed by atoms with Gasteiger partial charge in [-0.15, -0.1) is 0 Å². The minimum atomic E-state index is -0.617. The first-order valence-electron chi connectivity index (χ1n) is 6.25. The first-order valence-corrected chi connectivity index (χ1v) is 7.39. The Kier molecular flexibility index (Phi) is 5.30. The van der Waals surface area contributed by atoms with Crippen LogP contribution in [-0.4, -0.2) is 11.0 Å². The van der Waals surface area contributed by atoms with Gasteiger partial charge < -0.3 is 10.6 Å². The van der Waals surface area contributed by atoms with Crippen molar-refractivity contribution in [1.29, 1.82) is 0 Å². The maximum absolute atomic E-state index is 12.0. The molecule has 2 aromatic rings. The Hall–Kier alpha value is -2.02. The average molecular weight is 375 g/mol. The molecule has 0 aromatic heterocycles. The standard InChI is InChI=1S/C14H10Cl3N3O3/c1-7-4-10(16)11(17)6-12(7)18-14(21)19-13-5-8(20(22)23)2-3-9(13)15/h2-6H,1H3,(H2,18,19,21). The molecule has 0 aliphatic carbocycles. The number of halogens is 3. The van der Waals surface area contributed by atoms with Crippen LogP contribution < -0.4 is 10.6 Å². The van der Waals surface area contributed by atoms with Crippen molar-refractivity contribution in [1.82, 2.24) is 0 Å². The number of nitrogens with zero attached hydrogens (tertiary/aromatic N) is 1. The Labute approximate surface area is 146 Å². The smallest absolute Gasteiger partial charge is 0.307 e. The molecule has 23 heavy (non-hydrogen) atoms. The second-order valence-electron chi connectivity index (χ2n) is 4.58. The highest BCUT2D eigenvalue weighted by Gasteiger charge is 2.13. The fourth-order valence-electron chi connectivity index (χ4n) is 1.78. The number of hydrogen-bond donors (Lipinski definition) is 2. The van der Waals surface area contributed by atoms with Gasteiger partial charge in [0.1, 0.15) is 0 Å². The van der Waals surface area contributed by atoms with Crippen molar-refractivity contribution >= 4 is 57.9 Å². The molecule has 9 heteroatoms. The highest BCUT2D eigenvalue weighted by Crippen LogP contribution is 2.30. The summed E-state index contributed by atoms with van der Waals surface area (Å²) in [6.07, 6.45) is 0. The Bertz CT molecular complexity index is 796. The molecule has 0 unspecified atom stereocenters. The zero-order chi connectivity index (χ0) is 17.1. The summed E-state index contributed by atoms with van der Waals surface area (Å²) in [4.78, 5) is 22.2. The molecular weight excluding hydrogens is 365 g/mol. The Morgan fingerprint density at radius 1 is 1.00 bits per heavy atom. The summed E-state index contributed by atoms with van der Waals surface area (Å²) in [7, 11) is 0. The van der Waals surface area contributed by atoms with Crippen molar-refractivity contribution in [3.05, 3.63) is 61.1 Å². The molecular formula is C14H10Cl3N3O3. The van der Waals surface area contributed by atoms with Gasteiger partial charge in [-0.05, 0) is 30.7 Å². The fourth-order valence-corrected chi connectivity index (χ4v) is 2.33. The van der Waals surface area contributed by atoms with Gasteiger partial charge in [0.25, 0.3) is 5.69 Å². The molecule has 0 spiro atoms. The van der Waals surface area contributed by atoms with Crippen LogP contribution in [0.15, 0.2) is 30.3 Å². The van der Waals surface area contributed by atoms with Crippen molar-refractivity contribution in [2.24, 2.45) is 0 Å². The van der Waals surface area contributed by atoms with Gasteiger partial charge in [0.2, 0.25) is 0 Å². The van der Waals surface area contributed by atoms with E-state index in [9.17, 15) is 14.9 Å². The molecule has 0 saturated carbocycles. The average Bonchev–Trinajstić information content (AvgIpc) is 2.46. The molecule has 2 amide bonds. The number of carbonyl (C=O) groups is 1. The lowest BCUT2D eigenvalue weighted by molar-refractivity contribution is -0.384. The van der Waals surface area contributed by atoms with E-state index in [2.05, 4.69) is 10.6 Å². The summed E-state index contributed by atoms with van der Waals surface area (Å²) in [5, 5.41) is 16.6. The number of aryl methyl sites for hydroxylation is 1. The number of urea groups is 1. The summed E-state index contributed by atoms with van der Waals surface area (Å²) in [6, 6.07) is 6.25. The van der Waals surface area contributed by atoms with E-state index in [4.69, 9.17) is 34.8 Å². The third-order valence-electron chi connectivity index (χ3n) is 2.92. The van der Waals surface area contributed by atoms with Gasteiger partial charge in [-0.3, -0.25) is 10.1 Å². The van der Waals surface area contributed by atoms with Crippen LogP contribution in [0.25, 0.3) is 0 Å². The van der Waals surface area contributed by atoms with Crippen LogP contribution in [0.5, 0.6) is 0 Å². The fraction of sp³-hybridized carbons (Fsp3) is 0.0714. The minimum Gasteiger partial charge on any atom is -0.307 e. The van der Waals surface area contributed by atoms with Gasteiger partial charge in [0.15, 0.2) is 0 Å². The zero-order valence-electron chi connectivity index (χ0n) is 11.7. The van der Waals surface area contributed by atoms with Crippen molar-refractivity contribution in [3.8, 4) is 0 Å². The van der Waals surface area contributed by atoms with Crippen LogP contribution in [0.2, 0.25) is 15.1 Å². The molecule has 6 nitrogen and oxygen atoms in total. The monoisotopic (exact) mass is 373 g/mol. The Balaban J connectivity index is 2.19. The normalized spacial score (nSPS) is 10.3. The largest absolute Gasteiger partial charge is 0.323 e. The number of nitro benzene ring substituents is 1. The van der Waals surface area contributed by atoms with E-state index < -0.39 is 11.0 Å². The second-order valence-corrected chi connectivity index (χ2v) is 5.80. The van der Waals surface area contributed by atoms with Crippen molar-refractivity contribution in [2.45, 2.75) is 6.92 Å². The molecule has 2 aromatic carbocycles. The molecule has 0 radical (unpaired) electrons. The number of rotatable bonds is 3. The number of carbonyl (C=O) groups excluding carboxylic acids is 1. The highest BCUT2D eigenvalue weighted by atomic mass is 35.5. The van der Waals surface area contributed by atoms with Gasteiger partial charge >= 0.3 is 6.03 Å². The van der Waals surface area contributed by atoms with Crippen LogP contribution in [0, 0.1) is 17.0 Å². The van der Waals surface area contributed by atoms with Crippen molar-refractivity contribution in [3.63, 3.8) is 0 Å². The predicted octanol–water partition coefficient (Wildman–Crippen LogP) is 5.51. The highest BCUT2D eigenvalue weighted by molar-refractivity contribution is 6.42. The predicted molar refractivity (Wildman–Crippen MR) is 91.9 cm³/mol. The lowest BCUT2D eigenvalue weighted by Gasteiger charge is -2.12. The van der Waals surface area contributed by atoms with Crippen LogP contribution >= 0.6 is 34.8 Å². The summed E-state index contributed by atoms with van der Waals surface area (Å²) in [5.74, 6) is 0. The maximum atomic E-state index is 12.0. The molecule has 0 saturated heterocycles.